The molecule has 1 aliphatic rings. The molecule has 0 aliphatic carbocycles. The van der Waals surface area contributed by atoms with Gasteiger partial charge < -0.3 is 10.2 Å². The quantitative estimate of drug-likeness (QED) is 0.471. The Morgan fingerprint density at radius 3 is 2.29 bits per heavy atom. The van der Waals surface area contributed by atoms with Crippen LogP contribution in [0, 0.1) is 0 Å². The highest BCUT2D eigenvalue weighted by Gasteiger charge is 2.23. The molecule has 1 fully saturated rings. The largest absolute Gasteiger partial charge is 0.349 e. The summed E-state index contributed by atoms with van der Waals surface area (Å²) in [4.78, 5) is 15.4. The van der Waals surface area contributed by atoms with Crippen molar-refractivity contribution in [2.75, 3.05) is 19.6 Å². The van der Waals surface area contributed by atoms with Crippen LogP contribution in [0.15, 0.2) is 89.8 Å². The van der Waals surface area contributed by atoms with Gasteiger partial charge in [-0.15, -0.1) is 0 Å². The van der Waals surface area contributed by atoms with Crippen LogP contribution in [-0.4, -0.2) is 44.9 Å². The fourth-order valence-corrected chi connectivity index (χ4v) is 5.69. The van der Waals surface area contributed by atoms with Crippen LogP contribution in [0.25, 0.3) is 0 Å². The molecule has 1 saturated heterocycles. The van der Waals surface area contributed by atoms with Crippen LogP contribution in [0.4, 0.5) is 0 Å². The minimum absolute atomic E-state index is 0.0867. The smallest absolute Gasteiger partial charge is 0.251 e. The van der Waals surface area contributed by atoms with E-state index in [1.54, 1.807) is 19.1 Å². The lowest BCUT2D eigenvalue weighted by Crippen LogP contribution is -2.45. The van der Waals surface area contributed by atoms with Crippen molar-refractivity contribution in [3.63, 3.8) is 0 Å². The summed E-state index contributed by atoms with van der Waals surface area (Å²) in [6.07, 6.45) is 2.79. The summed E-state index contributed by atoms with van der Waals surface area (Å²) < 4.78 is 28.6. The SMILES string of the molecule is CC(NS(=O)(=O)c1cccc(C(=O)NC2CCN(CCc3ccccc3)CC2)c1)c1ccccc1. The number of amides is 1. The first-order valence-corrected chi connectivity index (χ1v) is 13.6. The molecule has 1 heterocycles. The van der Waals surface area contributed by atoms with Gasteiger partial charge in [0.1, 0.15) is 0 Å². The normalized spacial score (nSPS) is 16.0. The summed E-state index contributed by atoms with van der Waals surface area (Å²) in [5, 5.41) is 3.09. The number of hydrogen-bond donors (Lipinski definition) is 2. The Balaban J connectivity index is 1.30. The van der Waals surface area contributed by atoms with Gasteiger partial charge in [-0.3, -0.25) is 4.79 Å². The van der Waals surface area contributed by atoms with Crippen molar-refractivity contribution in [2.45, 2.75) is 43.2 Å². The summed E-state index contributed by atoms with van der Waals surface area (Å²) in [6.45, 7) is 4.69. The molecule has 184 valence electrons. The van der Waals surface area contributed by atoms with Crippen molar-refractivity contribution in [2.24, 2.45) is 0 Å². The van der Waals surface area contributed by atoms with Crippen molar-refractivity contribution in [1.82, 2.24) is 14.9 Å². The predicted octanol–water partition coefficient (Wildman–Crippen LogP) is 4.16. The van der Waals surface area contributed by atoms with Crippen LogP contribution >= 0.6 is 0 Å². The highest BCUT2D eigenvalue weighted by Crippen LogP contribution is 2.18. The number of nitrogens with zero attached hydrogens (tertiary/aromatic N) is 1. The van der Waals surface area contributed by atoms with Gasteiger partial charge in [-0.2, -0.15) is 0 Å². The molecule has 3 aromatic rings. The third-order valence-electron chi connectivity index (χ3n) is 6.52. The summed E-state index contributed by atoms with van der Waals surface area (Å²) in [5.41, 5.74) is 2.57. The molecule has 3 aromatic carbocycles. The maximum absolute atomic E-state index is 12.9. The molecule has 7 heteroatoms. The zero-order chi connectivity index (χ0) is 24.7. The second kappa shape index (κ2) is 11.6. The van der Waals surface area contributed by atoms with Crippen LogP contribution in [0.1, 0.15) is 47.3 Å². The van der Waals surface area contributed by atoms with Crippen LogP contribution in [0.2, 0.25) is 0 Å². The first-order chi connectivity index (χ1) is 16.9. The van der Waals surface area contributed by atoms with Crippen molar-refractivity contribution < 1.29 is 13.2 Å². The fourth-order valence-electron chi connectivity index (χ4n) is 4.42. The fraction of sp³-hybridized carbons (Fsp3) is 0.321. The number of carbonyl (C=O) groups is 1. The highest BCUT2D eigenvalue weighted by molar-refractivity contribution is 7.89. The Hall–Kier alpha value is -3.00. The van der Waals surface area contributed by atoms with Gasteiger partial charge in [0.15, 0.2) is 0 Å². The third kappa shape index (κ3) is 7.01. The minimum Gasteiger partial charge on any atom is -0.349 e. The molecule has 0 spiro atoms. The van der Waals surface area contributed by atoms with E-state index in [1.165, 1.54) is 17.7 Å². The molecule has 1 atom stereocenters. The Kier molecular flexibility index (Phi) is 8.33. The first-order valence-electron chi connectivity index (χ1n) is 12.2. The third-order valence-corrected chi connectivity index (χ3v) is 8.06. The van der Waals surface area contributed by atoms with Crippen LogP contribution < -0.4 is 10.0 Å². The van der Waals surface area contributed by atoms with Crippen molar-refractivity contribution in [3.05, 3.63) is 102 Å². The van der Waals surface area contributed by atoms with E-state index in [4.69, 9.17) is 0 Å². The summed E-state index contributed by atoms with van der Waals surface area (Å²) in [6, 6.07) is 25.8. The van der Waals surface area contributed by atoms with E-state index < -0.39 is 10.0 Å². The number of benzene rings is 3. The molecule has 1 unspecified atom stereocenters. The summed E-state index contributed by atoms with van der Waals surface area (Å²) in [5.74, 6) is -0.235. The molecule has 1 amide bonds. The van der Waals surface area contributed by atoms with Crippen LogP contribution in [0.5, 0.6) is 0 Å². The Labute approximate surface area is 208 Å². The molecule has 4 rings (SSSR count). The minimum atomic E-state index is -3.77. The second-order valence-electron chi connectivity index (χ2n) is 9.11. The summed E-state index contributed by atoms with van der Waals surface area (Å²) >= 11 is 0. The zero-order valence-corrected chi connectivity index (χ0v) is 20.9. The van der Waals surface area contributed by atoms with Crippen molar-refractivity contribution in [3.8, 4) is 0 Å². The molecule has 1 aliphatic heterocycles. The predicted molar refractivity (Wildman–Crippen MR) is 139 cm³/mol. The number of nitrogens with one attached hydrogen (secondary N) is 2. The van der Waals surface area contributed by atoms with Gasteiger partial charge in [0.2, 0.25) is 10.0 Å². The van der Waals surface area contributed by atoms with Gasteiger partial charge >= 0.3 is 0 Å². The van der Waals surface area contributed by atoms with Crippen LogP contribution in [-0.2, 0) is 16.4 Å². The number of likely N-dealkylation sites (tertiary alicyclic amines) is 1. The lowest BCUT2D eigenvalue weighted by atomic mass is 10.0. The van der Waals surface area contributed by atoms with E-state index in [0.29, 0.717) is 5.56 Å². The first kappa shape index (κ1) is 25.1. The zero-order valence-electron chi connectivity index (χ0n) is 20.1. The Morgan fingerprint density at radius 2 is 1.60 bits per heavy atom. The number of sulfonamides is 1. The van der Waals surface area contributed by atoms with Gasteiger partial charge in [0.25, 0.3) is 5.91 Å². The number of rotatable bonds is 9. The Morgan fingerprint density at radius 1 is 0.943 bits per heavy atom. The number of hydrogen-bond acceptors (Lipinski definition) is 4. The van der Waals surface area contributed by atoms with E-state index in [2.05, 4.69) is 39.2 Å². The van der Waals surface area contributed by atoms with Crippen LogP contribution in [0.3, 0.4) is 0 Å². The molecule has 35 heavy (non-hydrogen) atoms. The maximum Gasteiger partial charge on any atom is 0.251 e. The molecule has 6 nitrogen and oxygen atoms in total. The van der Waals surface area contributed by atoms with Crippen molar-refractivity contribution >= 4 is 15.9 Å². The van der Waals surface area contributed by atoms with Gasteiger partial charge in [-0.1, -0.05) is 66.7 Å². The Bertz CT molecular complexity index is 1210. The second-order valence-corrected chi connectivity index (χ2v) is 10.8. The van der Waals surface area contributed by atoms with E-state index in [-0.39, 0.29) is 22.9 Å². The number of carbonyl (C=O) groups excluding carboxylic acids is 1. The van der Waals surface area contributed by atoms with Gasteiger partial charge in [-0.05, 0) is 55.5 Å². The molecule has 0 saturated carbocycles. The number of piperidine rings is 1. The maximum atomic E-state index is 12.9. The summed E-state index contributed by atoms with van der Waals surface area (Å²) in [7, 11) is -3.77. The lowest BCUT2D eigenvalue weighted by Gasteiger charge is -2.32. The van der Waals surface area contributed by atoms with Gasteiger partial charge in [0.05, 0.1) is 4.90 Å². The van der Waals surface area contributed by atoms with E-state index in [0.717, 1.165) is 44.5 Å². The molecular formula is C28H33N3O3S. The molecule has 0 radical (unpaired) electrons. The molecule has 2 N–H and O–H groups in total. The topological polar surface area (TPSA) is 78.5 Å². The molecule has 0 bridgehead atoms. The van der Waals surface area contributed by atoms with Crippen molar-refractivity contribution in [1.29, 1.82) is 0 Å². The lowest BCUT2D eigenvalue weighted by molar-refractivity contribution is 0.0911. The standard InChI is InChI=1S/C28H33N3O3S/c1-22(24-11-6-3-7-12-24)30-35(33,34)27-14-8-13-25(21-27)28(32)29-26-16-19-31(20-17-26)18-15-23-9-4-2-5-10-23/h2-14,21-22,26,30H,15-20H2,1H3,(H,29,32). The highest BCUT2D eigenvalue weighted by atomic mass is 32.2. The van der Waals surface area contributed by atoms with E-state index >= 15 is 0 Å². The monoisotopic (exact) mass is 491 g/mol. The molecule has 0 aromatic heterocycles. The average molecular weight is 492 g/mol. The molecular weight excluding hydrogens is 458 g/mol. The van der Waals surface area contributed by atoms with Gasteiger partial charge in [0, 0.05) is 37.3 Å². The van der Waals surface area contributed by atoms with E-state index in [1.807, 2.05) is 36.4 Å². The average Bonchev–Trinajstić information content (AvgIpc) is 2.89. The van der Waals surface area contributed by atoms with Gasteiger partial charge in [-0.25, -0.2) is 13.1 Å². The van der Waals surface area contributed by atoms with E-state index in [9.17, 15) is 13.2 Å².